The van der Waals surface area contributed by atoms with Crippen LogP contribution in [0.15, 0.2) is 35.3 Å². The van der Waals surface area contributed by atoms with E-state index in [0.717, 1.165) is 19.3 Å². The van der Waals surface area contributed by atoms with E-state index >= 15 is 0 Å². The van der Waals surface area contributed by atoms with Crippen molar-refractivity contribution in [2.24, 2.45) is 10.7 Å². The maximum Gasteiger partial charge on any atom is 0.193 e. The lowest BCUT2D eigenvalue weighted by Crippen LogP contribution is -2.25. The zero-order valence-corrected chi connectivity index (χ0v) is 11.4. The third-order valence-electron chi connectivity index (χ3n) is 2.75. The Kier molecular flexibility index (Phi) is 4.50. The average molecular weight is 284 g/mol. The summed E-state index contributed by atoms with van der Waals surface area (Å²) in [6, 6.07) is 5.44. The highest BCUT2D eigenvalue weighted by Crippen LogP contribution is 2.29. The number of aliphatic imine (C=N–C) groups is 1. The molecule has 1 aliphatic rings. The molecule has 96 valence electrons. The lowest BCUT2D eigenvalue weighted by Gasteiger charge is -2.14. The molecule has 3 nitrogen and oxygen atoms in total. The first-order chi connectivity index (χ1) is 8.66. The number of hydrogen-bond donors (Lipinski definition) is 2. The molecule has 0 bridgehead atoms. The number of halogens is 2. The summed E-state index contributed by atoms with van der Waals surface area (Å²) in [5.74, 6) is 0.335. The predicted molar refractivity (Wildman–Crippen MR) is 78.5 cm³/mol. The summed E-state index contributed by atoms with van der Waals surface area (Å²) in [6.45, 7) is 0. The van der Waals surface area contributed by atoms with Crippen LogP contribution in [0.5, 0.6) is 0 Å². The van der Waals surface area contributed by atoms with Crippen LogP contribution >= 0.6 is 23.2 Å². The molecule has 0 radical (unpaired) electrons. The Morgan fingerprint density at radius 1 is 1.33 bits per heavy atom. The van der Waals surface area contributed by atoms with Gasteiger partial charge in [0.05, 0.1) is 21.8 Å². The van der Waals surface area contributed by atoms with Crippen molar-refractivity contribution in [2.75, 3.05) is 5.32 Å². The fraction of sp³-hybridized carbons (Fsp3) is 0.308. The number of guanidine groups is 1. The lowest BCUT2D eigenvalue weighted by molar-refractivity contribution is 0.646. The van der Waals surface area contributed by atoms with Gasteiger partial charge in [-0.05, 0) is 31.4 Å². The first kappa shape index (κ1) is 13.2. The van der Waals surface area contributed by atoms with Gasteiger partial charge in [0.1, 0.15) is 0 Å². The summed E-state index contributed by atoms with van der Waals surface area (Å²) in [6.07, 6.45) is 7.50. The summed E-state index contributed by atoms with van der Waals surface area (Å²) in [5, 5.41) is 4.01. The highest BCUT2D eigenvalue weighted by molar-refractivity contribution is 6.39. The Bertz CT molecular complexity index is 463. The smallest absolute Gasteiger partial charge is 0.193 e. The number of hydrogen-bond acceptors (Lipinski definition) is 1. The van der Waals surface area contributed by atoms with Crippen molar-refractivity contribution in [1.29, 1.82) is 0 Å². The van der Waals surface area contributed by atoms with Crippen molar-refractivity contribution < 1.29 is 0 Å². The first-order valence-electron chi connectivity index (χ1n) is 5.88. The molecule has 1 atom stereocenters. The van der Waals surface area contributed by atoms with Gasteiger partial charge in [0, 0.05) is 0 Å². The molecular weight excluding hydrogens is 269 g/mol. The number of nitrogens with zero attached hydrogens (tertiary/aromatic N) is 1. The topological polar surface area (TPSA) is 50.4 Å². The van der Waals surface area contributed by atoms with E-state index in [9.17, 15) is 0 Å². The quantitative estimate of drug-likeness (QED) is 0.492. The van der Waals surface area contributed by atoms with Gasteiger partial charge < -0.3 is 11.1 Å². The van der Waals surface area contributed by atoms with Crippen LogP contribution < -0.4 is 11.1 Å². The minimum atomic E-state index is 0.146. The van der Waals surface area contributed by atoms with Crippen molar-refractivity contribution in [3.63, 3.8) is 0 Å². The molecule has 0 aromatic heterocycles. The van der Waals surface area contributed by atoms with E-state index in [-0.39, 0.29) is 6.04 Å². The van der Waals surface area contributed by atoms with Gasteiger partial charge in [0.2, 0.25) is 0 Å². The van der Waals surface area contributed by atoms with Crippen LogP contribution in [0, 0.1) is 0 Å². The van der Waals surface area contributed by atoms with Gasteiger partial charge in [-0.2, -0.15) is 0 Å². The second-order valence-corrected chi connectivity index (χ2v) is 4.98. The molecular formula is C13H15Cl2N3. The predicted octanol–water partition coefficient (Wildman–Crippen LogP) is 3.83. The van der Waals surface area contributed by atoms with Crippen LogP contribution in [0.3, 0.4) is 0 Å². The SMILES string of the molecule is NC(=NC1C=CCCC1)Nc1c(Cl)cccc1Cl. The third-order valence-corrected chi connectivity index (χ3v) is 3.38. The van der Waals surface area contributed by atoms with Crippen LogP contribution in [-0.2, 0) is 0 Å². The van der Waals surface area contributed by atoms with E-state index in [0.29, 0.717) is 21.7 Å². The average Bonchev–Trinajstić information content (AvgIpc) is 2.35. The summed E-state index contributed by atoms with van der Waals surface area (Å²) >= 11 is 12.1. The van der Waals surface area contributed by atoms with Gasteiger partial charge in [-0.15, -0.1) is 0 Å². The minimum absolute atomic E-state index is 0.146. The van der Waals surface area contributed by atoms with Gasteiger partial charge in [-0.3, -0.25) is 0 Å². The lowest BCUT2D eigenvalue weighted by atomic mass is 10.0. The van der Waals surface area contributed by atoms with Crippen LogP contribution in [0.4, 0.5) is 5.69 Å². The Hall–Kier alpha value is -1.19. The van der Waals surface area contributed by atoms with E-state index in [2.05, 4.69) is 22.5 Å². The first-order valence-corrected chi connectivity index (χ1v) is 6.63. The Morgan fingerprint density at radius 2 is 2.06 bits per heavy atom. The summed E-state index contributed by atoms with van der Waals surface area (Å²) < 4.78 is 0. The number of nitrogens with one attached hydrogen (secondary N) is 1. The van der Waals surface area contributed by atoms with Crippen molar-refractivity contribution in [3.8, 4) is 0 Å². The Morgan fingerprint density at radius 3 is 2.67 bits per heavy atom. The van der Waals surface area contributed by atoms with E-state index in [1.807, 2.05) is 0 Å². The molecule has 0 saturated heterocycles. The molecule has 0 fully saturated rings. The fourth-order valence-corrected chi connectivity index (χ4v) is 2.35. The molecule has 0 saturated carbocycles. The Balaban J connectivity index is 2.11. The molecule has 5 heteroatoms. The van der Waals surface area contributed by atoms with Gasteiger partial charge in [0.25, 0.3) is 0 Å². The minimum Gasteiger partial charge on any atom is -0.370 e. The summed E-state index contributed by atoms with van der Waals surface area (Å²) in [5.41, 5.74) is 6.46. The number of rotatable bonds is 2. The van der Waals surface area contributed by atoms with Crippen LogP contribution in [0.25, 0.3) is 0 Å². The van der Waals surface area contributed by atoms with Gasteiger partial charge >= 0.3 is 0 Å². The number of anilines is 1. The zero-order chi connectivity index (χ0) is 13.0. The van der Waals surface area contributed by atoms with Crippen molar-refractivity contribution in [3.05, 3.63) is 40.4 Å². The molecule has 0 heterocycles. The largest absolute Gasteiger partial charge is 0.370 e. The molecule has 1 unspecified atom stereocenters. The van der Waals surface area contributed by atoms with E-state index < -0.39 is 0 Å². The number of nitrogens with two attached hydrogens (primary N) is 1. The monoisotopic (exact) mass is 283 g/mol. The van der Waals surface area contributed by atoms with E-state index in [1.165, 1.54) is 0 Å². The fourth-order valence-electron chi connectivity index (χ4n) is 1.86. The van der Waals surface area contributed by atoms with Gasteiger partial charge in [-0.1, -0.05) is 41.4 Å². The van der Waals surface area contributed by atoms with Gasteiger partial charge in [0.15, 0.2) is 5.96 Å². The molecule has 0 spiro atoms. The van der Waals surface area contributed by atoms with Crippen LogP contribution in [0.2, 0.25) is 10.0 Å². The van der Waals surface area contributed by atoms with Crippen molar-refractivity contribution in [2.45, 2.75) is 25.3 Å². The maximum atomic E-state index is 6.04. The molecule has 18 heavy (non-hydrogen) atoms. The number of allylic oxidation sites excluding steroid dienone is 1. The van der Waals surface area contributed by atoms with E-state index in [1.54, 1.807) is 18.2 Å². The second kappa shape index (κ2) is 6.12. The highest BCUT2D eigenvalue weighted by atomic mass is 35.5. The normalized spacial score (nSPS) is 19.9. The molecule has 1 aliphatic carbocycles. The van der Waals surface area contributed by atoms with Crippen LogP contribution in [0.1, 0.15) is 19.3 Å². The third kappa shape index (κ3) is 3.40. The van der Waals surface area contributed by atoms with Crippen LogP contribution in [-0.4, -0.2) is 12.0 Å². The number of benzene rings is 1. The molecule has 0 aliphatic heterocycles. The second-order valence-electron chi connectivity index (χ2n) is 4.16. The summed E-state index contributed by atoms with van der Waals surface area (Å²) in [4.78, 5) is 4.39. The molecule has 0 amide bonds. The van der Waals surface area contributed by atoms with Crippen molar-refractivity contribution >= 4 is 34.8 Å². The maximum absolute atomic E-state index is 6.04. The van der Waals surface area contributed by atoms with E-state index in [4.69, 9.17) is 28.9 Å². The molecule has 2 rings (SSSR count). The summed E-state index contributed by atoms with van der Waals surface area (Å²) in [7, 11) is 0. The standard InChI is InChI=1S/C13H15Cl2N3/c14-10-7-4-8-11(15)12(10)18-13(16)17-9-5-2-1-3-6-9/h2,4-5,7-9H,1,3,6H2,(H3,16,17,18). The molecule has 1 aromatic carbocycles. The Labute approximate surface area is 117 Å². The molecule has 1 aromatic rings. The van der Waals surface area contributed by atoms with Crippen molar-refractivity contribution in [1.82, 2.24) is 0 Å². The molecule has 3 N–H and O–H groups in total. The highest BCUT2D eigenvalue weighted by Gasteiger charge is 2.09. The zero-order valence-electron chi connectivity index (χ0n) is 9.87. The van der Waals surface area contributed by atoms with Gasteiger partial charge in [-0.25, -0.2) is 4.99 Å². The number of para-hydroxylation sites is 1.